The van der Waals surface area contributed by atoms with Crippen LogP contribution in [0.3, 0.4) is 0 Å². The van der Waals surface area contributed by atoms with E-state index in [-0.39, 0.29) is 6.04 Å². The molecule has 5 nitrogen and oxygen atoms in total. The average Bonchev–Trinajstić information content (AvgIpc) is 4.23. The van der Waals surface area contributed by atoms with Crippen LogP contribution in [0.1, 0.15) is 11.5 Å². The van der Waals surface area contributed by atoms with Gasteiger partial charge in [-0.2, -0.15) is 0 Å². The number of nitrogens with zero attached hydrogens (tertiary/aromatic N) is 5. The Bertz CT molecular complexity index is 4610. The van der Waals surface area contributed by atoms with Crippen LogP contribution in [0.2, 0.25) is 0 Å². The Kier molecular flexibility index (Phi) is 7.94. The highest BCUT2D eigenvalue weighted by atomic mass is 15.2. The average molecular weight is 906 g/mol. The third-order valence-electron chi connectivity index (χ3n) is 15.6. The van der Waals surface area contributed by atoms with Gasteiger partial charge in [0.15, 0.2) is 0 Å². The quantitative estimate of drug-likeness (QED) is 0.169. The maximum atomic E-state index is 2.54. The number of allylic oxidation sites excluding steroid dienone is 2. The minimum atomic E-state index is 0.210. The highest BCUT2D eigenvalue weighted by Crippen LogP contribution is 2.49. The van der Waals surface area contributed by atoms with Gasteiger partial charge in [-0.25, -0.2) is 0 Å². The second-order valence-corrected chi connectivity index (χ2v) is 19.2. The Morgan fingerprint density at radius 3 is 1.38 bits per heavy atom. The van der Waals surface area contributed by atoms with Gasteiger partial charge in [0.05, 0.1) is 50.2 Å². The number of fused-ring (bicyclic) bond motifs is 17. The minimum absolute atomic E-state index is 0.210. The largest absolute Gasteiger partial charge is 0.333 e. The lowest BCUT2D eigenvalue weighted by molar-refractivity contribution is 0.744. The highest BCUT2D eigenvalue weighted by molar-refractivity contribution is 6.27. The van der Waals surface area contributed by atoms with Gasteiger partial charge in [-0.15, -0.1) is 0 Å². The maximum absolute atomic E-state index is 2.54. The van der Waals surface area contributed by atoms with E-state index in [1.54, 1.807) is 0 Å². The molecule has 14 aromatic rings. The Morgan fingerprint density at radius 2 is 0.732 bits per heavy atom. The number of aromatic nitrogens is 4. The molecule has 71 heavy (non-hydrogen) atoms. The van der Waals surface area contributed by atoms with Crippen LogP contribution in [0.4, 0.5) is 11.4 Å². The molecule has 2 unspecified atom stereocenters. The van der Waals surface area contributed by atoms with Crippen LogP contribution in [-0.2, 0) is 0 Å². The monoisotopic (exact) mass is 905 g/mol. The molecule has 0 spiro atoms. The predicted molar refractivity (Wildman–Crippen MR) is 297 cm³/mol. The van der Waals surface area contributed by atoms with Crippen molar-refractivity contribution in [3.05, 3.63) is 254 Å². The Hall–Kier alpha value is -9.32. The summed E-state index contributed by atoms with van der Waals surface area (Å²) in [6.07, 6.45) is 9.12. The lowest BCUT2D eigenvalue weighted by atomic mass is 9.91. The minimum Gasteiger partial charge on any atom is -0.333 e. The normalized spacial score (nSPS) is 15.5. The Balaban J connectivity index is 0.955. The molecular weight excluding hydrogens is 863 g/mol. The molecule has 0 bridgehead atoms. The zero-order valence-corrected chi connectivity index (χ0v) is 38.6. The fourth-order valence-corrected chi connectivity index (χ4v) is 12.8. The first kappa shape index (κ1) is 38.6. The van der Waals surface area contributed by atoms with Crippen LogP contribution in [0.25, 0.3) is 110 Å². The molecule has 0 N–H and O–H groups in total. The number of benzene rings is 10. The molecule has 2 atom stereocenters. The topological polar surface area (TPSA) is 23.0 Å². The summed E-state index contributed by atoms with van der Waals surface area (Å²) in [4.78, 5) is 2.54. The summed E-state index contributed by atoms with van der Waals surface area (Å²) in [7, 11) is 0. The number of hydrogen-bond acceptors (Lipinski definition) is 1. The molecule has 1 aliphatic carbocycles. The SMILES string of the molecule is C1=CC2c3ccccc3N(c3cccc(-n4c5ccccc5c5ccc6c7ccccc7n(-c7cccc(-n8c9ccccc9c9c8ccc8c%10ccccc%10n(-c%10ccccc%10)c89)c7)c6c54)c3)C2C=C1. The van der Waals surface area contributed by atoms with Crippen molar-refractivity contribution in [2.24, 2.45) is 0 Å². The molecule has 0 saturated carbocycles. The summed E-state index contributed by atoms with van der Waals surface area (Å²) in [6.45, 7) is 0. The lowest BCUT2D eigenvalue weighted by Gasteiger charge is -2.29. The van der Waals surface area contributed by atoms with Crippen molar-refractivity contribution in [3.8, 4) is 22.7 Å². The lowest BCUT2D eigenvalue weighted by Crippen LogP contribution is -2.28. The van der Waals surface area contributed by atoms with E-state index < -0.39 is 0 Å². The van der Waals surface area contributed by atoms with E-state index in [0.29, 0.717) is 5.92 Å². The molecule has 0 radical (unpaired) electrons. The molecule has 10 aromatic carbocycles. The van der Waals surface area contributed by atoms with E-state index in [0.717, 1.165) is 22.7 Å². The van der Waals surface area contributed by atoms with Crippen molar-refractivity contribution < 1.29 is 0 Å². The van der Waals surface area contributed by atoms with E-state index in [1.165, 1.54) is 104 Å². The first-order chi connectivity index (χ1) is 35.3. The smallest absolute Gasteiger partial charge is 0.0788 e. The van der Waals surface area contributed by atoms with Gasteiger partial charge in [-0.3, -0.25) is 0 Å². The van der Waals surface area contributed by atoms with E-state index >= 15 is 0 Å². The van der Waals surface area contributed by atoms with Gasteiger partial charge in [0.2, 0.25) is 0 Å². The van der Waals surface area contributed by atoms with Crippen molar-refractivity contribution in [2.75, 3.05) is 4.90 Å². The molecule has 16 rings (SSSR count). The maximum Gasteiger partial charge on any atom is 0.0788 e. The molecule has 5 heterocycles. The van der Waals surface area contributed by atoms with Crippen molar-refractivity contribution in [2.45, 2.75) is 12.0 Å². The van der Waals surface area contributed by atoms with E-state index in [4.69, 9.17) is 0 Å². The highest BCUT2D eigenvalue weighted by Gasteiger charge is 2.37. The summed E-state index contributed by atoms with van der Waals surface area (Å²) in [5, 5.41) is 9.89. The van der Waals surface area contributed by atoms with Gasteiger partial charge in [-0.1, -0.05) is 164 Å². The summed E-state index contributed by atoms with van der Waals surface area (Å²) in [6, 6.07) is 83.3. The number of hydrogen-bond donors (Lipinski definition) is 0. The van der Waals surface area contributed by atoms with Crippen LogP contribution < -0.4 is 4.90 Å². The van der Waals surface area contributed by atoms with Gasteiger partial charge >= 0.3 is 0 Å². The molecule has 4 aromatic heterocycles. The van der Waals surface area contributed by atoms with Crippen LogP contribution in [0.5, 0.6) is 0 Å². The zero-order valence-electron chi connectivity index (χ0n) is 38.6. The second kappa shape index (κ2) is 14.6. The van der Waals surface area contributed by atoms with Crippen molar-refractivity contribution in [1.82, 2.24) is 18.3 Å². The zero-order chi connectivity index (χ0) is 46.3. The molecule has 0 amide bonds. The van der Waals surface area contributed by atoms with Crippen LogP contribution in [0.15, 0.2) is 249 Å². The van der Waals surface area contributed by atoms with Crippen molar-refractivity contribution in [3.63, 3.8) is 0 Å². The second-order valence-electron chi connectivity index (χ2n) is 19.2. The number of anilines is 2. The molecule has 2 aliphatic rings. The summed E-state index contributed by atoms with van der Waals surface area (Å²) >= 11 is 0. The van der Waals surface area contributed by atoms with E-state index in [2.05, 4.69) is 272 Å². The van der Waals surface area contributed by atoms with Gasteiger partial charge < -0.3 is 23.2 Å². The fraction of sp³-hybridized carbons (Fsp3) is 0.0303. The molecule has 5 heteroatoms. The van der Waals surface area contributed by atoms with Crippen LogP contribution >= 0.6 is 0 Å². The third kappa shape index (κ3) is 5.29. The van der Waals surface area contributed by atoms with Gasteiger partial charge in [0, 0.05) is 83.1 Å². The fourth-order valence-electron chi connectivity index (χ4n) is 12.8. The summed E-state index contributed by atoms with van der Waals surface area (Å²) in [5.41, 5.74) is 17.8. The molecule has 332 valence electrons. The number of rotatable bonds is 5. The van der Waals surface area contributed by atoms with Crippen LogP contribution in [0, 0.1) is 0 Å². The molecule has 1 aliphatic heterocycles. The standard InChI is InChI=1S/C66H43N5/c1-2-18-42(19-3-1)69-58-32-12-6-26-49(58)52-38-39-62-63(64(52)69)55-29-9-15-35-61(55)68(62)44-21-17-23-46(41-44)71-60-34-14-8-28-51(60)54-37-36-53-50-27-7-13-33-59(50)70(65(53)66(54)71)45-22-16-20-43(40-45)67-56-30-10-4-24-47(56)48-25-5-11-31-57(48)67/h1-41,47,56H. The predicted octanol–water partition coefficient (Wildman–Crippen LogP) is 16.8. The molecule has 0 saturated heterocycles. The van der Waals surface area contributed by atoms with Gasteiger partial charge in [-0.05, 0) is 90.5 Å². The summed E-state index contributed by atoms with van der Waals surface area (Å²) < 4.78 is 9.99. The van der Waals surface area contributed by atoms with E-state index in [1.807, 2.05) is 0 Å². The summed E-state index contributed by atoms with van der Waals surface area (Å²) in [5.74, 6) is 0.309. The first-order valence-corrected chi connectivity index (χ1v) is 24.7. The Labute approximate surface area is 408 Å². The van der Waals surface area contributed by atoms with E-state index in [9.17, 15) is 0 Å². The van der Waals surface area contributed by atoms with Gasteiger partial charge in [0.1, 0.15) is 0 Å². The van der Waals surface area contributed by atoms with Crippen molar-refractivity contribution in [1.29, 1.82) is 0 Å². The number of para-hydroxylation sites is 6. The van der Waals surface area contributed by atoms with Crippen molar-refractivity contribution >= 4 is 98.6 Å². The molecule has 0 fully saturated rings. The van der Waals surface area contributed by atoms with Crippen LogP contribution in [-0.4, -0.2) is 24.3 Å². The van der Waals surface area contributed by atoms with Gasteiger partial charge in [0.25, 0.3) is 0 Å². The third-order valence-corrected chi connectivity index (χ3v) is 15.6. The Morgan fingerprint density at radius 1 is 0.282 bits per heavy atom. The first-order valence-electron chi connectivity index (χ1n) is 24.7. The molecular formula is C66H43N5.